The molecule has 3 heterocycles. The summed E-state index contributed by atoms with van der Waals surface area (Å²) in [5.74, 6) is 1.44. The van der Waals surface area contributed by atoms with Gasteiger partial charge in [-0.25, -0.2) is 9.78 Å². The molecule has 1 fully saturated rings. The molecule has 7 heteroatoms. The molecule has 0 aliphatic carbocycles. The van der Waals surface area contributed by atoms with Crippen molar-refractivity contribution in [1.29, 1.82) is 0 Å². The molecule has 2 N–H and O–H groups in total. The predicted molar refractivity (Wildman–Crippen MR) is 131 cm³/mol. The first-order valence-corrected chi connectivity index (χ1v) is 11.9. The van der Waals surface area contributed by atoms with Crippen LogP contribution in [-0.4, -0.2) is 51.1 Å². The molecule has 174 valence electrons. The van der Waals surface area contributed by atoms with E-state index in [1.165, 1.54) is 5.56 Å². The van der Waals surface area contributed by atoms with Crippen LogP contribution < -0.4 is 10.6 Å². The zero-order valence-corrected chi connectivity index (χ0v) is 19.6. The molecule has 0 unspecified atom stereocenters. The Balaban J connectivity index is 1.22. The molecule has 0 radical (unpaired) electrons. The summed E-state index contributed by atoms with van der Waals surface area (Å²) >= 11 is 0. The number of hydrogen-bond acceptors (Lipinski definition) is 4. The summed E-state index contributed by atoms with van der Waals surface area (Å²) in [6.07, 6.45) is 10.5. The summed E-state index contributed by atoms with van der Waals surface area (Å²) in [6, 6.07) is 12.3. The van der Waals surface area contributed by atoms with Gasteiger partial charge in [-0.2, -0.15) is 0 Å². The maximum Gasteiger partial charge on any atom is 0.319 e. The van der Waals surface area contributed by atoms with Crippen LogP contribution in [0.15, 0.2) is 61.2 Å². The Bertz CT molecular complexity index is 1020. The van der Waals surface area contributed by atoms with Gasteiger partial charge >= 0.3 is 6.03 Å². The normalized spacial score (nSPS) is 15.0. The smallest absolute Gasteiger partial charge is 0.319 e. The van der Waals surface area contributed by atoms with Crippen LogP contribution in [0.3, 0.4) is 0 Å². The van der Waals surface area contributed by atoms with Gasteiger partial charge in [0.2, 0.25) is 0 Å². The van der Waals surface area contributed by atoms with Crippen molar-refractivity contribution >= 4 is 11.7 Å². The molecule has 33 heavy (non-hydrogen) atoms. The first kappa shape index (κ1) is 23.0. The molecule has 0 spiro atoms. The fourth-order valence-electron chi connectivity index (χ4n) is 4.39. The highest BCUT2D eigenvalue weighted by Crippen LogP contribution is 2.17. The van der Waals surface area contributed by atoms with Gasteiger partial charge in [-0.3, -0.25) is 4.98 Å². The lowest BCUT2D eigenvalue weighted by atomic mass is 10.0. The Labute approximate surface area is 196 Å². The second-order valence-electron chi connectivity index (χ2n) is 9.09. The van der Waals surface area contributed by atoms with Crippen molar-refractivity contribution in [2.24, 2.45) is 0 Å². The topological polar surface area (TPSA) is 75.1 Å². The van der Waals surface area contributed by atoms with Crippen LogP contribution in [0.2, 0.25) is 0 Å². The third-order valence-electron chi connectivity index (χ3n) is 6.19. The first-order valence-electron chi connectivity index (χ1n) is 11.9. The van der Waals surface area contributed by atoms with Crippen molar-refractivity contribution in [2.45, 2.75) is 51.6 Å². The van der Waals surface area contributed by atoms with E-state index in [0.717, 1.165) is 62.5 Å². The van der Waals surface area contributed by atoms with Crippen LogP contribution in [0.5, 0.6) is 0 Å². The highest BCUT2D eigenvalue weighted by Gasteiger charge is 2.20. The van der Waals surface area contributed by atoms with E-state index in [4.69, 9.17) is 0 Å². The average Bonchev–Trinajstić information content (AvgIpc) is 3.28. The highest BCUT2D eigenvalue weighted by atomic mass is 16.2. The highest BCUT2D eigenvalue weighted by molar-refractivity contribution is 5.89. The summed E-state index contributed by atoms with van der Waals surface area (Å²) < 4.78 is 2.16. The molecule has 1 aliphatic rings. The molecule has 7 nitrogen and oxygen atoms in total. The number of urea groups is 1. The molecule has 1 aliphatic heterocycles. The van der Waals surface area contributed by atoms with Crippen molar-refractivity contribution in [3.8, 4) is 0 Å². The zero-order valence-electron chi connectivity index (χ0n) is 19.6. The van der Waals surface area contributed by atoms with Crippen LogP contribution in [0, 0.1) is 0 Å². The molecule has 0 saturated carbocycles. The summed E-state index contributed by atoms with van der Waals surface area (Å²) in [5, 5.41) is 6.16. The Morgan fingerprint density at radius 1 is 1.09 bits per heavy atom. The molecule has 0 bridgehead atoms. The number of pyridine rings is 1. The van der Waals surface area contributed by atoms with Crippen LogP contribution in [0.4, 0.5) is 10.5 Å². The van der Waals surface area contributed by atoms with E-state index in [9.17, 15) is 4.79 Å². The van der Waals surface area contributed by atoms with E-state index in [2.05, 4.69) is 62.1 Å². The number of benzene rings is 1. The summed E-state index contributed by atoms with van der Waals surface area (Å²) in [5.41, 5.74) is 3.27. The number of amides is 2. The molecule has 1 saturated heterocycles. The van der Waals surface area contributed by atoms with Crippen molar-refractivity contribution in [3.05, 3.63) is 78.1 Å². The van der Waals surface area contributed by atoms with E-state index >= 15 is 0 Å². The van der Waals surface area contributed by atoms with E-state index in [1.807, 2.05) is 43.0 Å². The van der Waals surface area contributed by atoms with E-state index in [1.54, 1.807) is 0 Å². The number of likely N-dealkylation sites (tertiary alicyclic amines) is 1. The van der Waals surface area contributed by atoms with Crippen LogP contribution >= 0.6 is 0 Å². The van der Waals surface area contributed by atoms with Crippen molar-refractivity contribution < 1.29 is 4.79 Å². The van der Waals surface area contributed by atoms with Crippen molar-refractivity contribution in [3.63, 3.8) is 0 Å². The number of piperidine rings is 1. The Morgan fingerprint density at radius 3 is 2.64 bits per heavy atom. The number of rotatable bonds is 8. The van der Waals surface area contributed by atoms with E-state index in [-0.39, 0.29) is 12.1 Å². The molecule has 2 amide bonds. The standard InChI is InChI=1S/C26H34N6O/c1-20(2)25-28-13-17-32(25)19-22-4-3-5-24(18-22)30-26(33)29-23-9-15-31(16-10-23)14-8-21-6-11-27-12-7-21/h3-7,11-13,17-18,20,23H,8-10,14-16,19H2,1-2H3,(H2,29,30,33). The summed E-state index contributed by atoms with van der Waals surface area (Å²) in [7, 11) is 0. The third-order valence-corrected chi connectivity index (χ3v) is 6.19. The van der Waals surface area contributed by atoms with Gasteiger partial charge in [-0.05, 0) is 54.7 Å². The minimum atomic E-state index is -0.132. The monoisotopic (exact) mass is 446 g/mol. The predicted octanol–water partition coefficient (Wildman–Crippen LogP) is 4.28. The molecule has 2 aromatic heterocycles. The third kappa shape index (κ3) is 6.65. The Morgan fingerprint density at radius 2 is 1.88 bits per heavy atom. The second kappa shape index (κ2) is 11.1. The van der Waals surface area contributed by atoms with Crippen LogP contribution in [0.25, 0.3) is 0 Å². The molecule has 4 rings (SSSR count). The lowest BCUT2D eigenvalue weighted by molar-refractivity contribution is 0.197. The van der Waals surface area contributed by atoms with E-state index < -0.39 is 0 Å². The summed E-state index contributed by atoms with van der Waals surface area (Å²) in [4.78, 5) is 23.6. The lowest BCUT2D eigenvalue weighted by Gasteiger charge is -2.32. The SMILES string of the molecule is CC(C)c1nccn1Cc1cccc(NC(=O)NC2CCN(CCc3ccncc3)CC2)c1. The number of hydrogen-bond donors (Lipinski definition) is 2. The molecule has 0 atom stereocenters. The maximum atomic E-state index is 12.6. The Kier molecular flexibility index (Phi) is 7.73. The zero-order chi connectivity index (χ0) is 23.0. The van der Waals surface area contributed by atoms with Gasteiger partial charge in [0.05, 0.1) is 0 Å². The molecule has 3 aromatic rings. The number of aromatic nitrogens is 3. The molecular formula is C26H34N6O. The quantitative estimate of drug-likeness (QED) is 0.542. The number of nitrogens with one attached hydrogen (secondary N) is 2. The van der Waals surface area contributed by atoms with Crippen LogP contribution in [0.1, 0.15) is 49.6 Å². The van der Waals surface area contributed by atoms with Gasteiger partial charge in [-0.1, -0.05) is 26.0 Å². The fraction of sp³-hybridized carbons (Fsp3) is 0.423. The van der Waals surface area contributed by atoms with Crippen LogP contribution in [-0.2, 0) is 13.0 Å². The molecule has 1 aromatic carbocycles. The Hall–Kier alpha value is -3.19. The largest absolute Gasteiger partial charge is 0.335 e. The van der Waals surface area contributed by atoms with Crippen molar-refractivity contribution in [2.75, 3.05) is 25.0 Å². The minimum absolute atomic E-state index is 0.132. The maximum absolute atomic E-state index is 12.6. The second-order valence-corrected chi connectivity index (χ2v) is 9.09. The van der Waals surface area contributed by atoms with Gasteiger partial charge in [0, 0.05) is 68.6 Å². The van der Waals surface area contributed by atoms with Gasteiger partial charge in [0.25, 0.3) is 0 Å². The van der Waals surface area contributed by atoms with Gasteiger partial charge in [0.15, 0.2) is 0 Å². The summed E-state index contributed by atoms with van der Waals surface area (Å²) in [6.45, 7) is 8.09. The number of carbonyl (C=O) groups is 1. The van der Waals surface area contributed by atoms with Gasteiger partial charge in [0.1, 0.15) is 5.82 Å². The first-order chi connectivity index (χ1) is 16.1. The minimum Gasteiger partial charge on any atom is -0.335 e. The van der Waals surface area contributed by atoms with Gasteiger partial charge < -0.3 is 20.1 Å². The lowest BCUT2D eigenvalue weighted by Crippen LogP contribution is -2.46. The number of imidazole rings is 1. The van der Waals surface area contributed by atoms with Crippen molar-refractivity contribution in [1.82, 2.24) is 24.8 Å². The van der Waals surface area contributed by atoms with E-state index in [0.29, 0.717) is 5.92 Å². The number of carbonyl (C=O) groups excluding carboxylic acids is 1. The molecular weight excluding hydrogens is 412 g/mol. The fourth-order valence-corrected chi connectivity index (χ4v) is 4.39. The number of nitrogens with zero attached hydrogens (tertiary/aromatic N) is 4. The van der Waals surface area contributed by atoms with Gasteiger partial charge in [-0.15, -0.1) is 0 Å². The average molecular weight is 447 g/mol. The number of anilines is 1.